The van der Waals surface area contributed by atoms with E-state index in [9.17, 15) is 4.79 Å². The first kappa shape index (κ1) is 13.8. The molecule has 0 spiro atoms. The van der Waals surface area contributed by atoms with Gasteiger partial charge in [0, 0.05) is 12.0 Å². The van der Waals surface area contributed by atoms with Crippen LogP contribution in [0.4, 0.5) is 0 Å². The van der Waals surface area contributed by atoms with Crippen molar-refractivity contribution in [1.82, 2.24) is 20.5 Å². The molecule has 0 unspecified atom stereocenters. The normalized spacial score (nSPS) is 9.65. The molecule has 0 atom stereocenters. The lowest BCUT2D eigenvalue weighted by atomic mass is 10.1. The zero-order chi connectivity index (χ0) is 14.2. The summed E-state index contributed by atoms with van der Waals surface area (Å²) < 4.78 is 0. The van der Waals surface area contributed by atoms with E-state index in [0.717, 1.165) is 0 Å². The molecule has 0 aliphatic rings. The smallest absolute Gasteiger partial charge is 0.252 e. The second-order valence-electron chi connectivity index (χ2n) is 3.94. The first-order valence-electron chi connectivity index (χ1n) is 6.12. The summed E-state index contributed by atoms with van der Waals surface area (Å²) >= 11 is 0. The summed E-state index contributed by atoms with van der Waals surface area (Å²) in [5.74, 6) is 6.05. The molecule has 0 aliphatic carbocycles. The number of nitrogens with zero attached hydrogens (tertiary/aromatic N) is 2. The average Bonchev–Trinajstić information content (AvgIpc) is 2.99. The monoisotopic (exact) mass is 270 g/mol. The van der Waals surface area contributed by atoms with E-state index in [1.54, 1.807) is 18.2 Å². The predicted octanol–water partition coefficient (Wildman–Crippen LogP) is 0.469. The van der Waals surface area contributed by atoms with Crippen LogP contribution in [0.25, 0.3) is 0 Å². The van der Waals surface area contributed by atoms with Gasteiger partial charge in [-0.3, -0.25) is 9.89 Å². The summed E-state index contributed by atoms with van der Waals surface area (Å²) in [6.07, 6.45) is 1.77. The van der Waals surface area contributed by atoms with E-state index >= 15 is 0 Å². The largest absolute Gasteiger partial charge is 0.395 e. The highest BCUT2D eigenvalue weighted by Crippen LogP contribution is 2.07. The summed E-state index contributed by atoms with van der Waals surface area (Å²) in [6, 6.07) is 7.07. The predicted molar refractivity (Wildman–Crippen MR) is 72.6 cm³/mol. The fraction of sp³-hybridized carbons (Fsp3) is 0.214. The van der Waals surface area contributed by atoms with E-state index < -0.39 is 0 Å². The van der Waals surface area contributed by atoms with Crippen LogP contribution in [0.1, 0.15) is 28.2 Å². The number of hydrogen-bond donors (Lipinski definition) is 3. The first-order valence-corrected chi connectivity index (χ1v) is 6.12. The van der Waals surface area contributed by atoms with Gasteiger partial charge >= 0.3 is 0 Å². The number of rotatable bonds is 4. The van der Waals surface area contributed by atoms with Crippen LogP contribution in [0.5, 0.6) is 0 Å². The van der Waals surface area contributed by atoms with Crippen molar-refractivity contribution in [2.45, 2.75) is 13.0 Å². The van der Waals surface area contributed by atoms with E-state index in [1.165, 1.54) is 6.33 Å². The van der Waals surface area contributed by atoms with Crippen LogP contribution in [-0.2, 0) is 6.54 Å². The summed E-state index contributed by atoms with van der Waals surface area (Å²) in [4.78, 5) is 16.0. The molecule has 0 radical (unpaired) electrons. The standard InChI is InChI=1S/C14H14N4O2/c19-8-4-3-6-11-5-1-2-7-12(11)14(20)15-9-13-16-10-17-18-13/h1-2,5,7,10,19H,4,8-9H2,(H,15,20)(H,16,17,18). The summed E-state index contributed by atoms with van der Waals surface area (Å²) in [6.45, 7) is 0.282. The highest BCUT2D eigenvalue weighted by Gasteiger charge is 2.09. The lowest BCUT2D eigenvalue weighted by Gasteiger charge is -2.05. The van der Waals surface area contributed by atoms with Crippen LogP contribution >= 0.6 is 0 Å². The minimum atomic E-state index is -0.227. The third-order valence-corrected chi connectivity index (χ3v) is 2.51. The van der Waals surface area contributed by atoms with Gasteiger partial charge in [0.1, 0.15) is 12.2 Å². The fourth-order valence-electron chi connectivity index (χ4n) is 1.58. The maximum atomic E-state index is 12.1. The number of amides is 1. The molecule has 1 amide bonds. The van der Waals surface area contributed by atoms with Crippen LogP contribution in [0.15, 0.2) is 30.6 Å². The topological polar surface area (TPSA) is 90.9 Å². The summed E-state index contributed by atoms with van der Waals surface area (Å²) in [5.41, 5.74) is 1.13. The van der Waals surface area contributed by atoms with E-state index in [0.29, 0.717) is 23.4 Å². The van der Waals surface area contributed by atoms with Gasteiger partial charge in [-0.1, -0.05) is 24.0 Å². The molecule has 2 rings (SSSR count). The molecule has 1 heterocycles. The molecule has 6 heteroatoms. The van der Waals surface area contributed by atoms with Gasteiger partial charge < -0.3 is 10.4 Å². The number of H-pyrrole nitrogens is 1. The SMILES string of the molecule is O=C(NCc1ncn[nH]1)c1ccccc1C#CCCO. The average molecular weight is 270 g/mol. The number of benzene rings is 1. The first-order chi connectivity index (χ1) is 9.81. The number of carbonyl (C=O) groups is 1. The Labute approximate surface area is 116 Å². The molecule has 1 aromatic carbocycles. The number of aliphatic hydroxyl groups is 1. The Kier molecular flexibility index (Phi) is 4.87. The van der Waals surface area contributed by atoms with Gasteiger partial charge in [-0.05, 0) is 12.1 Å². The van der Waals surface area contributed by atoms with Crippen molar-refractivity contribution in [2.75, 3.05) is 6.61 Å². The maximum Gasteiger partial charge on any atom is 0.252 e. The quantitative estimate of drug-likeness (QED) is 0.704. The second kappa shape index (κ2) is 7.07. The van der Waals surface area contributed by atoms with Crippen molar-refractivity contribution in [3.63, 3.8) is 0 Å². The van der Waals surface area contributed by atoms with Gasteiger partial charge in [-0.2, -0.15) is 5.10 Å². The Morgan fingerprint density at radius 2 is 2.25 bits per heavy atom. The Bertz CT molecular complexity index is 626. The molecular weight excluding hydrogens is 256 g/mol. The fourth-order valence-corrected chi connectivity index (χ4v) is 1.58. The Morgan fingerprint density at radius 1 is 1.40 bits per heavy atom. The zero-order valence-corrected chi connectivity index (χ0v) is 10.8. The lowest BCUT2D eigenvalue weighted by Crippen LogP contribution is -2.24. The summed E-state index contributed by atoms with van der Waals surface area (Å²) in [5, 5.41) is 17.8. The van der Waals surface area contributed by atoms with Crippen LogP contribution in [0.3, 0.4) is 0 Å². The minimum absolute atomic E-state index is 0.00680. The van der Waals surface area contributed by atoms with Crippen LogP contribution in [-0.4, -0.2) is 32.8 Å². The van der Waals surface area contributed by atoms with Gasteiger partial charge in [0.15, 0.2) is 0 Å². The van der Waals surface area contributed by atoms with Crippen molar-refractivity contribution < 1.29 is 9.90 Å². The molecule has 0 saturated carbocycles. The van der Waals surface area contributed by atoms with Crippen molar-refractivity contribution in [3.8, 4) is 11.8 Å². The van der Waals surface area contributed by atoms with E-state index in [1.807, 2.05) is 6.07 Å². The van der Waals surface area contributed by atoms with Crippen LogP contribution in [0, 0.1) is 11.8 Å². The maximum absolute atomic E-state index is 12.1. The molecule has 102 valence electrons. The third-order valence-electron chi connectivity index (χ3n) is 2.51. The molecule has 0 aliphatic heterocycles. The summed E-state index contributed by atoms with van der Waals surface area (Å²) in [7, 11) is 0. The molecule has 6 nitrogen and oxygen atoms in total. The van der Waals surface area contributed by atoms with Crippen LogP contribution < -0.4 is 5.32 Å². The molecule has 0 saturated heterocycles. The van der Waals surface area contributed by atoms with Crippen LogP contribution in [0.2, 0.25) is 0 Å². The second-order valence-corrected chi connectivity index (χ2v) is 3.94. The molecular formula is C14H14N4O2. The molecule has 20 heavy (non-hydrogen) atoms. The van der Waals surface area contributed by atoms with Gasteiger partial charge in [0.05, 0.1) is 18.7 Å². The van der Waals surface area contributed by atoms with E-state index in [2.05, 4.69) is 32.3 Å². The number of aliphatic hydroxyl groups excluding tert-OH is 1. The number of carbonyl (C=O) groups excluding carboxylic acids is 1. The van der Waals surface area contributed by atoms with Gasteiger partial charge in [0.2, 0.25) is 0 Å². The minimum Gasteiger partial charge on any atom is -0.395 e. The number of hydrogen-bond acceptors (Lipinski definition) is 4. The third kappa shape index (κ3) is 3.67. The van der Waals surface area contributed by atoms with E-state index in [4.69, 9.17) is 5.11 Å². The van der Waals surface area contributed by atoms with Gasteiger partial charge in [-0.15, -0.1) is 0 Å². The molecule has 1 aromatic heterocycles. The zero-order valence-electron chi connectivity index (χ0n) is 10.8. The Hall–Kier alpha value is -2.65. The highest BCUT2D eigenvalue weighted by atomic mass is 16.2. The van der Waals surface area contributed by atoms with E-state index in [-0.39, 0.29) is 19.1 Å². The Balaban J connectivity index is 2.07. The Morgan fingerprint density at radius 3 is 3.00 bits per heavy atom. The molecule has 3 N–H and O–H groups in total. The molecule has 2 aromatic rings. The van der Waals surface area contributed by atoms with Crippen molar-refractivity contribution in [1.29, 1.82) is 0 Å². The number of nitrogens with one attached hydrogen (secondary N) is 2. The molecule has 0 bridgehead atoms. The molecule has 0 fully saturated rings. The number of aromatic nitrogens is 3. The van der Waals surface area contributed by atoms with Crippen molar-refractivity contribution >= 4 is 5.91 Å². The highest BCUT2D eigenvalue weighted by molar-refractivity contribution is 5.96. The van der Waals surface area contributed by atoms with Gasteiger partial charge in [0.25, 0.3) is 5.91 Å². The lowest BCUT2D eigenvalue weighted by molar-refractivity contribution is 0.0949. The van der Waals surface area contributed by atoms with Crippen molar-refractivity contribution in [2.24, 2.45) is 0 Å². The van der Waals surface area contributed by atoms with Crippen molar-refractivity contribution in [3.05, 3.63) is 47.5 Å². The number of aromatic amines is 1. The van der Waals surface area contributed by atoms with Gasteiger partial charge in [-0.25, -0.2) is 4.98 Å².